The number of nitrogens with zero attached hydrogens (tertiary/aromatic N) is 2. The van der Waals surface area contributed by atoms with E-state index in [-0.39, 0.29) is 17.9 Å². The summed E-state index contributed by atoms with van der Waals surface area (Å²) in [5, 5.41) is 3.30. The van der Waals surface area contributed by atoms with Crippen LogP contribution in [0.4, 0.5) is 5.82 Å². The summed E-state index contributed by atoms with van der Waals surface area (Å²) in [5.74, 6) is 0.894. The third kappa shape index (κ3) is 3.86. The highest BCUT2D eigenvalue weighted by atomic mass is 31.2. The van der Waals surface area contributed by atoms with Crippen LogP contribution in [0.2, 0.25) is 0 Å². The monoisotopic (exact) mass is 411 g/mol. The van der Waals surface area contributed by atoms with E-state index < -0.39 is 7.14 Å². The largest absolute Gasteiger partial charge is 0.331 e. The lowest BCUT2D eigenvalue weighted by Crippen LogP contribution is -2.35. The third-order valence-electron chi connectivity index (χ3n) is 5.79. The molecule has 4 rings (SSSR count). The van der Waals surface area contributed by atoms with E-state index in [0.29, 0.717) is 29.1 Å². The Bertz CT molecular complexity index is 1040. The number of carbonyl (C=O) groups excluding carboxylic acids is 2. The van der Waals surface area contributed by atoms with Crippen LogP contribution < -0.4 is 10.6 Å². The van der Waals surface area contributed by atoms with E-state index in [2.05, 4.69) is 17.2 Å². The van der Waals surface area contributed by atoms with Gasteiger partial charge in [0.2, 0.25) is 5.91 Å². The molecule has 6 nitrogen and oxygen atoms in total. The number of hydrogen-bond acceptors (Lipinski definition) is 4. The molecular formula is C22H26N3O3P. The van der Waals surface area contributed by atoms with Gasteiger partial charge in [0, 0.05) is 36.6 Å². The van der Waals surface area contributed by atoms with E-state index in [0.717, 1.165) is 16.7 Å². The molecule has 1 atom stereocenters. The highest BCUT2D eigenvalue weighted by Crippen LogP contribution is 2.43. The van der Waals surface area contributed by atoms with Crippen molar-refractivity contribution in [2.45, 2.75) is 39.3 Å². The Labute approximate surface area is 171 Å². The zero-order chi connectivity index (χ0) is 20.9. The summed E-state index contributed by atoms with van der Waals surface area (Å²) in [6, 6.07) is 7.71. The number of fused-ring (bicyclic) bond motifs is 1. The molecule has 1 aromatic heterocycles. The van der Waals surface area contributed by atoms with Gasteiger partial charge in [-0.05, 0) is 74.4 Å². The summed E-state index contributed by atoms with van der Waals surface area (Å²) in [7, 11) is -2.66. The maximum absolute atomic E-state index is 13.2. The first-order valence-corrected chi connectivity index (χ1v) is 12.5. The molecule has 2 aliphatic rings. The fourth-order valence-corrected chi connectivity index (χ4v) is 5.26. The number of anilines is 1. The molecule has 152 valence electrons. The van der Waals surface area contributed by atoms with Crippen LogP contribution in [0.5, 0.6) is 0 Å². The van der Waals surface area contributed by atoms with Crippen molar-refractivity contribution in [1.29, 1.82) is 0 Å². The van der Waals surface area contributed by atoms with Crippen molar-refractivity contribution < 1.29 is 14.2 Å². The van der Waals surface area contributed by atoms with Crippen LogP contribution >= 0.6 is 7.14 Å². The Balaban J connectivity index is 1.75. The second kappa shape index (κ2) is 7.10. The Morgan fingerprint density at radius 3 is 2.52 bits per heavy atom. The van der Waals surface area contributed by atoms with Gasteiger partial charge >= 0.3 is 0 Å². The van der Waals surface area contributed by atoms with Crippen LogP contribution in [0.15, 0.2) is 30.5 Å². The normalized spacial score (nSPS) is 17.2. The number of nitrogens with one attached hydrogen (secondary N) is 1. The smallest absolute Gasteiger partial charge is 0.255 e. The summed E-state index contributed by atoms with van der Waals surface area (Å²) < 4.78 is 13.1. The molecule has 0 radical (unpaired) electrons. The van der Waals surface area contributed by atoms with Crippen LogP contribution in [0.25, 0.3) is 11.1 Å². The van der Waals surface area contributed by atoms with Gasteiger partial charge in [0.05, 0.1) is 5.56 Å². The number of rotatable bonds is 5. The lowest BCUT2D eigenvalue weighted by molar-refractivity contribution is -0.114. The summed E-state index contributed by atoms with van der Waals surface area (Å²) in [6.45, 7) is 7.54. The summed E-state index contributed by atoms with van der Waals surface area (Å²) in [5.41, 5.74) is 3.30. The van der Waals surface area contributed by atoms with Gasteiger partial charge < -0.3 is 14.8 Å². The first-order chi connectivity index (χ1) is 13.6. The van der Waals surface area contributed by atoms with E-state index in [1.165, 1.54) is 19.8 Å². The molecule has 2 aromatic rings. The highest BCUT2D eigenvalue weighted by molar-refractivity contribution is 7.70. The molecule has 29 heavy (non-hydrogen) atoms. The third-order valence-corrected chi connectivity index (χ3v) is 7.30. The molecule has 2 heterocycles. The number of amides is 2. The molecule has 1 fully saturated rings. The molecule has 7 heteroatoms. The Morgan fingerprint density at radius 1 is 1.24 bits per heavy atom. The number of carbonyl (C=O) groups is 2. The van der Waals surface area contributed by atoms with Crippen molar-refractivity contribution >= 4 is 30.1 Å². The van der Waals surface area contributed by atoms with Crippen molar-refractivity contribution in [3.63, 3.8) is 0 Å². The fourth-order valence-electron chi connectivity index (χ4n) is 4.03. The minimum atomic E-state index is -2.66. The second-order valence-electron chi connectivity index (χ2n) is 8.50. The Morgan fingerprint density at radius 2 is 1.97 bits per heavy atom. The van der Waals surface area contributed by atoms with E-state index in [9.17, 15) is 14.2 Å². The van der Waals surface area contributed by atoms with Crippen molar-refractivity contribution in [1.82, 2.24) is 9.88 Å². The number of aromatic nitrogens is 1. The van der Waals surface area contributed by atoms with Crippen molar-refractivity contribution in [2.75, 3.05) is 18.6 Å². The van der Waals surface area contributed by atoms with Gasteiger partial charge in [-0.1, -0.05) is 0 Å². The molecule has 1 aliphatic heterocycles. The van der Waals surface area contributed by atoms with Crippen molar-refractivity contribution in [3.05, 3.63) is 41.6 Å². The molecule has 1 saturated carbocycles. The number of pyridine rings is 1. The number of hydrogen-bond donors (Lipinski definition) is 1. The molecule has 0 bridgehead atoms. The molecule has 0 unspecified atom stereocenters. The quantitative estimate of drug-likeness (QED) is 0.761. The zero-order valence-corrected chi connectivity index (χ0v) is 18.1. The van der Waals surface area contributed by atoms with E-state index in [1.807, 2.05) is 23.1 Å². The van der Waals surface area contributed by atoms with Crippen LogP contribution in [-0.4, -0.2) is 41.1 Å². The molecule has 1 aromatic carbocycles. The van der Waals surface area contributed by atoms with Crippen molar-refractivity contribution in [3.8, 4) is 11.1 Å². The molecule has 1 N–H and O–H groups in total. The molecule has 0 spiro atoms. The van der Waals surface area contributed by atoms with Gasteiger partial charge in [-0.15, -0.1) is 0 Å². The van der Waals surface area contributed by atoms with Gasteiger partial charge in [-0.25, -0.2) is 4.98 Å². The Hall–Kier alpha value is -2.46. The molecule has 2 amide bonds. The molecule has 1 aliphatic carbocycles. The lowest BCUT2D eigenvalue weighted by Gasteiger charge is -2.24. The van der Waals surface area contributed by atoms with Crippen molar-refractivity contribution in [2.24, 2.45) is 5.92 Å². The van der Waals surface area contributed by atoms with Gasteiger partial charge in [0.1, 0.15) is 13.0 Å². The predicted molar refractivity (Wildman–Crippen MR) is 115 cm³/mol. The van der Waals surface area contributed by atoms with E-state index in [4.69, 9.17) is 0 Å². The van der Waals surface area contributed by atoms with Crippen LogP contribution in [0.3, 0.4) is 0 Å². The lowest BCUT2D eigenvalue weighted by atomic mass is 10.0. The van der Waals surface area contributed by atoms with Crippen LogP contribution in [0, 0.1) is 5.92 Å². The second-order valence-corrected chi connectivity index (χ2v) is 11.7. The minimum absolute atomic E-state index is 0.00371. The van der Waals surface area contributed by atoms with Gasteiger partial charge in [0.25, 0.3) is 5.91 Å². The Kier molecular flexibility index (Phi) is 4.86. The summed E-state index contributed by atoms with van der Waals surface area (Å²) in [6.07, 6.45) is 4.03. The fraction of sp³-hybridized carbons (Fsp3) is 0.409. The van der Waals surface area contributed by atoms with Gasteiger partial charge in [0.15, 0.2) is 0 Å². The van der Waals surface area contributed by atoms with E-state index >= 15 is 0 Å². The average molecular weight is 411 g/mol. The van der Waals surface area contributed by atoms with Crippen LogP contribution in [0.1, 0.15) is 42.6 Å². The van der Waals surface area contributed by atoms with Gasteiger partial charge in [-0.3, -0.25) is 9.59 Å². The average Bonchev–Trinajstić information content (AvgIpc) is 3.44. The first-order valence-electron chi connectivity index (χ1n) is 9.92. The topological polar surface area (TPSA) is 79.4 Å². The summed E-state index contributed by atoms with van der Waals surface area (Å²) >= 11 is 0. The van der Waals surface area contributed by atoms with E-state index in [1.54, 1.807) is 25.6 Å². The maximum atomic E-state index is 13.2. The highest BCUT2D eigenvalue weighted by Gasteiger charge is 2.40. The molecule has 0 saturated heterocycles. The zero-order valence-electron chi connectivity index (χ0n) is 17.2. The maximum Gasteiger partial charge on any atom is 0.255 e. The number of benzene rings is 1. The van der Waals surface area contributed by atoms with Gasteiger partial charge in [-0.2, -0.15) is 0 Å². The SMILES string of the molecule is CC(=O)Nc1ccc(-c2cc3c(c(P(C)(C)=O)c2)C(=O)N([C@@H](C)C2CC2)C3)cn1. The minimum Gasteiger partial charge on any atom is -0.331 e. The molecular weight excluding hydrogens is 385 g/mol. The summed E-state index contributed by atoms with van der Waals surface area (Å²) in [4.78, 5) is 30.6. The van der Waals surface area contributed by atoms with Crippen LogP contribution in [-0.2, 0) is 15.9 Å². The predicted octanol–water partition coefficient (Wildman–Crippen LogP) is 3.71. The first kappa shape index (κ1) is 19.8. The standard InChI is InChI=1S/C22H26N3O3P/c1-13(15-5-6-15)25-12-18-9-17(10-19(29(3,4)28)21(18)22(25)27)16-7-8-20(23-11-16)24-14(2)26/h7-11,13,15H,5-6,12H2,1-4H3,(H,23,24,26)/t13-/m0/s1.